The maximum atomic E-state index is 12.6. The normalized spacial score (nSPS) is 16.0. The zero-order chi connectivity index (χ0) is 17.6. The number of hydrogen-bond donors (Lipinski definition) is 2. The summed E-state index contributed by atoms with van der Waals surface area (Å²) in [6.45, 7) is 1.13. The zero-order valence-electron chi connectivity index (χ0n) is 13.8. The van der Waals surface area contributed by atoms with Crippen molar-refractivity contribution in [1.82, 2.24) is 14.7 Å². The molecule has 2 aliphatic rings. The Morgan fingerprint density at radius 2 is 2.12 bits per heavy atom. The molecule has 3 heterocycles. The lowest BCUT2D eigenvalue weighted by atomic mass is 10.0. The fourth-order valence-electron chi connectivity index (χ4n) is 3.35. The van der Waals surface area contributed by atoms with E-state index in [2.05, 4.69) is 10.4 Å². The first-order chi connectivity index (χ1) is 12.0. The Morgan fingerprint density at radius 1 is 1.28 bits per heavy atom. The van der Waals surface area contributed by atoms with Crippen molar-refractivity contribution in [3.8, 4) is 5.75 Å². The molecule has 2 amide bonds. The summed E-state index contributed by atoms with van der Waals surface area (Å²) in [5, 5.41) is 5.55. The van der Waals surface area contributed by atoms with Gasteiger partial charge in [0.05, 0.1) is 30.1 Å². The number of carbonyl (C=O) groups is 2. The van der Waals surface area contributed by atoms with E-state index in [4.69, 9.17) is 4.74 Å². The zero-order valence-corrected chi connectivity index (χ0v) is 13.8. The van der Waals surface area contributed by atoms with E-state index in [1.54, 1.807) is 34.8 Å². The molecule has 0 saturated carbocycles. The second-order valence-corrected chi connectivity index (χ2v) is 6.23. The number of Topliss-reactive ketones (excluding diaryl/α,β-unsaturated/α-hetero) is 1. The number of benzene rings is 1. The summed E-state index contributed by atoms with van der Waals surface area (Å²) in [4.78, 5) is 38.0. The maximum Gasteiger partial charge on any atom is 0.322 e. The predicted octanol–water partition coefficient (Wildman–Crippen LogP) is 1.27. The van der Waals surface area contributed by atoms with Gasteiger partial charge >= 0.3 is 6.03 Å². The fourth-order valence-corrected chi connectivity index (χ4v) is 3.35. The first-order valence-corrected chi connectivity index (χ1v) is 8.16. The van der Waals surface area contributed by atoms with Gasteiger partial charge < -0.3 is 15.0 Å². The number of carbonyl (C=O) groups excluding carboxylic acids is 2. The van der Waals surface area contributed by atoms with Crippen LogP contribution in [0, 0.1) is 0 Å². The minimum atomic E-state index is -0.283. The van der Waals surface area contributed by atoms with Crippen LogP contribution in [0.25, 0.3) is 0 Å². The molecular weight excluding hydrogens is 324 g/mol. The Bertz CT molecular complexity index is 927. The van der Waals surface area contributed by atoms with Crippen LogP contribution < -0.4 is 15.6 Å². The number of nitrogens with one attached hydrogen (secondary N) is 2. The molecule has 4 rings (SSSR count). The lowest BCUT2D eigenvalue weighted by molar-refractivity contribution is 0.0934. The monoisotopic (exact) mass is 342 g/mol. The SMILES string of the molecule is Cn1[nH]c(=O)c2c1CN(C(=O)Nc1cccc3c1OCCC3=O)CC2. The lowest BCUT2D eigenvalue weighted by Gasteiger charge is -2.28. The van der Waals surface area contributed by atoms with Gasteiger partial charge in [0, 0.05) is 25.6 Å². The number of H-pyrrole nitrogens is 1. The third kappa shape index (κ3) is 2.59. The maximum absolute atomic E-state index is 12.6. The van der Waals surface area contributed by atoms with Crippen LogP contribution in [-0.4, -0.2) is 39.6 Å². The minimum absolute atomic E-state index is 0.0160. The van der Waals surface area contributed by atoms with Gasteiger partial charge in [0.1, 0.15) is 0 Å². The molecule has 0 bridgehead atoms. The van der Waals surface area contributed by atoms with Gasteiger partial charge in [-0.25, -0.2) is 4.79 Å². The summed E-state index contributed by atoms with van der Waals surface area (Å²) in [7, 11) is 1.76. The van der Waals surface area contributed by atoms with Gasteiger partial charge in [-0.2, -0.15) is 0 Å². The number of hydrogen-bond acceptors (Lipinski definition) is 4. The van der Waals surface area contributed by atoms with Gasteiger partial charge in [-0.15, -0.1) is 0 Å². The number of ketones is 1. The first-order valence-electron chi connectivity index (χ1n) is 8.16. The number of amides is 2. The van der Waals surface area contributed by atoms with Crippen molar-refractivity contribution in [3.05, 3.63) is 45.4 Å². The standard InChI is InChI=1S/C17H18N4O4/c1-20-13-9-21(7-5-10(13)16(23)19-20)17(24)18-12-4-2-3-11-14(22)6-8-25-15(11)12/h2-4H,5-9H2,1H3,(H,18,24)(H,19,23). The molecule has 0 unspecified atom stereocenters. The van der Waals surface area contributed by atoms with Crippen LogP contribution in [-0.2, 0) is 20.0 Å². The number of aromatic amines is 1. The van der Waals surface area contributed by atoms with E-state index >= 15 is 0 Å². The molecule has 0 saturated heterocycles. The smallest absolute Gasteiger partial charge is 0.322 e. The number of para-hydroxylation sites is 1. The van der Waals surface area contributed by atoms with Crippen LogP contribution in [0.4, 0.5) is 10.5 Å². The molecule has 2 aliphatic heterocycles. The van der Waals surface area contributed by atoms with Crippen molar-refractivity contribution in [3.63, 3.8) is 0 Å². The van der Waals surface area contributed by atoms with Crippen LogP contribution in [0.3, 0.4) is 0 Å². The van der Waals surface area contributed by atoms with Crippen molar-refractivity contribution in [2.75, 3.05) is 18.5 Å². The number of ether oxygens (including phenoxy) is 1. The van der Waals surface area contributed by atoms with Crippen molar-refractivity contribution in [2.24, 2.45) is 7.05 Å². The van der Waals surface area contributed by atoms with Crippen LogP contribution in [0.1, 0.15) is 28.0 Å². The van der Waals surface area contributed by atoms with Gasteiger partial charge in [0.15, 0.2) is 11.5 Å². The summed E-state index contributed by atoms with van der Waals surface area (Å²) in [5.74, 6) is 0.445. The quantitative estimate of drug-likeness (QED) is 0.816. The second kappa shape index (κ2) is 5.80. The van der Waals surface area contributed by atoms with Crippen molar-refractivity contribution in [1.29, 1.82) is 0 Å². The molecule has 25 heavy (non-hydrogen) atoms. The predicted molar refractivity (Wildman–Crippen MR) is 90.1 cm³/mol. The Balaban J connectivity index is 1.56. The highest BCUT2D eigenvalue weighted by molar-refractivity contribution is 6.03. The molecular formula is C17H18N4O4. The average molecular weight is 342 g/mol. The van der Waals surface area contributed by atoms with Crippen LogP contribution in [0.5, 0.6) is 5.75 Å². The number of nitrogens with zero attached hydrogens (tertiary/aromatic N) is 2. The average Bonchev–Trinajstić information content (AvgIpc) is 2.90. The Labute approximate surface area is 143 Å². The summed E-state index contributed by atoms with van der Waals surface area (Å²) in [6.07, 6.45) is 0.863. The fraction of sp³-hybridized carbons (Fsp3) is 0.353. The van der Waals surface area contributed by atoms with Gasteiger partial charge in [0.25, 0.3) is 5.56 Å². The third-order valence-corrected chi connectivity index (χ3v) is 4.69. The van der Waals surface area contributed by atoms with Crippen LogP contribution >= 0.6 is 0 Å². The molecule has 0 atom stereocenters. The van der Waals surface area contributed by atoms with E-state index in [9.17, 15) is 14.4 Å². The summed E-state index contributed by atoms with van der Waals surface area (Å²) in [5.41, 5.74) is 2.44. The van der Waals surface area contributed by atoms with Gasteiger partial charge in [-0.3, -0.25) is 19.4 Å². The highest BCUT2D eigenvalue weighted by Gasteiger charge is 2.27. The second-order valence-electron chi connectivity index (χ2n) is 6.23. The molecule has 0 aliphatic carbocycles. The molecule has 1 aromatic carbocycles. The topological polar surface area (TPSA) is 96.4 Å². The molecule has 0 fully saturated rings. The molecule has 8 nitrogen and oxygen atoms in total. The number of fused-ring (bicyclic) bond motifs is 2. The van der Waals surface area contributed by atoms with Gasteiger partial charge in [-0.05, 0) is 18.6 Å². The van der Waals surface area contributed by atoms with Crippen molar-refractivity contribution < 1.29 is 14.3 Å². The Kier molecular flexibility index (Phi) is 3.60. The van der Waals surface area contributed by atoms with E-state index in [1.165, 1.54) is 0 Å². The number of urea groups is 1. The first kappa shape index (κ1) is 15.5. The van der Waals surface area contributed by atoms with Crippen molar-refractivity contribution >= 4 is 17.5 Å². The number of aryl methyl sites for hydroxylation is 1. The molecule has 8 heteroatoms. The number of aromatic nitrogens is 2. The molecule has 0 radical (unpaired) electrons. The highest BCUT2D eigenvalue weighted by atomic mass is 16.5. The summed E-state index contributed by atoms with van der Waals surface area (Å²) >= 11 is 0. The minimum Gasteiger partial charge on any atom is -0.490 e. The van der Waals surface area contributed by atoms with Crippen LogP contribution in [0.2, 0.25) is 0 Å². The van der Waals surface area contributed by atoms with E-state index in [1.807, 2.05) is 0 Å². The van der Waals surface area contributed by atoms with Crippen molar-refractivity contribution in [2.45, 2.75) is 19.4 Å². The van der Waals surface area contributed by atoms with E-state index in [-0.39, 0.29) is 17.4 Å². The third-order valence-electron chi connectivity index (χ3n) is 4.69. The Morgan fingerprint density at radius 3 is 2.96 bits per heavy atom. The molecule has 0 spiro atoms. The van der Waals surface area contributed by atoms with Crippen LogP contribution in [0.15, 0.2) is 23.0 Å². The summed E-state index contributed by atoms with van der Waals surface area (Å²) < 4.78 is 7.24. The van der Waals surface area contributed by atoms with E-state index < -0.39 is 0 Å². The number of anilines is 1. The molecule has 2 aromatic rings. The Hall–Kier alpha value is -3.03. The summed E-state index contributed by atoms with van der Waals surface area (Å²) in [6, 6.07) is 4.87. The molecule has 130 valence electrons. The molecule has 2 N–H and O–H groups in total. The van der Waals surface area contributed by atoms with Gasteiger partial charge in [0.2, 0.25) is 0 Å². The van der Waals surface area contributed by atoms with Gasteiger partial charge in [-0.1, -0.05) is 6.07 Å². The number of rotatable bonds is 1. The van der Waals surface area contributed by atoms with E-state index in [0.717, 1.165) is 11.3 Å². The highest BCUT2D eigenvalue weighted by Crippen LogP contribution is 2.33. The van der Waals surface area contributed by atoms with E-state index in [0.29, 0.717) is 49.5 Å². The largest absolute Gasteiger partial charge is 0.490 e. The molecule has 1 aromatic heterocycles. The lowest BCUT2D eigenvalue weighted by Crippen LogP contribution is -2.40.